The first-order chi connectivity index (χ1) is 7.15. The Morgan fingerprint density at radius 2 is 2.07 bits per heavy atom. The van der Waals surface area contributed by atoms with E-state index in [1.807, 2.05) is 13.8 Å². The van der Waals surface area contributed by atoms with Gasteiger partial charge in [0.05, 0.1) is 0 Å². The third-order valence-electron chi connectivity index (χ3n) is 2.37. The molecule has 0 aliphatic rings. The summed E-state index contributed by atoms with van der Waals surface area (Å²) >= 11 is 4.15. The Kier molecular flexibility index (Phi) is 4.88. The van der Waals surface area contributed by atoms with Crippen LogP contribution in [0, 0.1) is 13.8 Å². The summed E-state index contributed by atoms with van der Waals surface area (Å²) in [4.78, 5) is 15.9. The van der Waals surface area contributed by atoms with Crippen LogP contribution in [0.2, 0.25) is 0 Å². The lowest BCUT2D eigenvalue weighted by atomic mass is 10.2. The number of thiol groups is 1. The molecule has 0 fully saturated rings. The van der Waals surface area contributed by atoms with Crippen molar-refractivity contribution in [3.63, 3.8) is 0 Å². The zero-order valence-corrected chi connectivity index (χ0v) is 10.3. The molecule has 1 aromatic heterocycles. The molecule has 0 aromatic carbocycles. The predicted molar refractivity (Wildman–Crippen MR) is 65.7 cm³/mol. The van der Waals surface area contributed by atoms with E-state index in [1.165, 1.54) is 0 Å². The van der Waals surface area contributed by atoms with Gasteiger partial charge in [0, 0.05) is 18.3 Å². The van der Waals surface area contributed by atoms with E-state index in [0.29, 0.717) is 0 Å². The van der Waals surface area contributed by atoms with Gasteiger partial charge in [0.1, 0.15) is 5.82 Å². The lowest BCUT2D eigenvalue weighted by Crippen LogP contribution is -2.23. The van der Waals surface area contributed by atoms with Crippen molar-refractivity contribution in [2.45, 2.75) is 39.7 Å². The van der Waals surface area contributed by atoms with Crippen molar-refractivity contribution < 1.29 is 0 Å². The molecule has 0 aliphatic carbocycles. The molecule has 84 valence electrons. The minimum Gasteiger partial charge on any atom is -0.297 e. The standard InChI is InChI=1S/C11H18N2OS/c1-9-8-11(14)13(10(2)12-9)6-4-3-5-7-15/h8,15H,3-7H2,1-2H3. The predicted octanol–water partition coefficient (Wildman–Crippen LogP) is 1.96. The summed E-state index contributed by atoms with van der Waals surface area (Å²) in [5.41, 5.74) is 0.856. The Labute approximate surface area is 96.0 Å². The molecule has 0 bridgehead atoms. The van der Waals surface area contributed by atoms with Crippen LogP contribution in [-0.2, 0) is 6.54 Å². The first-order valence-corrected chi connectivity index (χ1v) is 5.94. The maximum Gasteiger partial charge on any atom is 0.253 e. The molecular weight excluding hydrogens is 208 g/mol. The van der Waals surface area contributed by atoms with Gasteiger partial charge < -0.3 is 0 Å². The largest absolute Gasteiger partial charge is 0.297 e. The van der Waals surface area contributed by atoms with Crippen molar-refractivity contribution in [3.8, 4) is 0 Å². The number of hydrogen-bond acceptors (Lipinski definition) is 3. The smallest absolute Gasteiger partial charge is 0.253 e. The molecule has 0 spiro atoms. The first-order valence-electron chi connectivity index (χ1n) is 5.31. The molecule has 1 aromatic rings. The molecule has 0 radical (unpaired) electrons. The van der Waals surface area contributed by atoms with Gasteiger partial charge in [-0.3, -0.25) is 9.36 Å². The minimum absolute atomic E-state index is 0.0610. The summed E-state index contributed by atoms with van der Waals surface area (Å²) in [6.07, 6.45) is 3.24. The molecule has 0 N–H and O–H groups in total. The monoisotopic (exact) mass is 226 g/mol. The summed E-state index contributed by atoms with van der Waals surface area (Å²) in [7, 11) is 0. The van der Waals surface area contributed by atoms with Crippen molar-refractivity contribution >= 4 is 12.6 Å². The van der Waals surface area contributed by atoms with Gasteiger partial charge in [-0.2, -0.15) is 12.6 Å². The molecule has 0 saturated heterocycles. The summed E-state index contributed by atoms with van der Waals surface area (Å²) < 4.78 is 1.74. The van der Waals surface area contributed by atoms with E-state index < -0.39 is 0 Å². The highest BCUT2D eigenvalue weighted by molar-refractivity contribution is 7.80. The molecule has 0 unspecified atom stereocenters. The lowest BCUT2D eigenvalue weighted by molar-refractivity contribution is 0.565. The van der Waals surface area contributed by atoms with Crippen LogP contribution >= 0.6 is 12.6 Å². The highest BCUT2D eigenvalue weighted by atomic mass is 32.1. The van der Waals surface area contributed by atoms with Crippen molar-refractivity contribution in [2.24, 2.45) is 0 Å². The van der Waals surface area contributed by atoms with Crippen LogP contribution in [0.1, 0.15) is 30.8 Å². The Balaban J connectivity index is 2.65. The highest BCUT2D eigenvalue weighted by Gasteiger charge is 2.01. The quantitative estimate of drug-likeness (QED) is 0.615. The van der Waals surface area contributed by atoms with Crippen LogP contribution in [0.4, 0.5) is 0 Å². The normalized spacial score (nSPS) is 10.6. The average Bonchev–Trinajstić information content (AvgIpc) is 2.15. The van der Waals surface area contributed by atoms with E-state index in [2.05, 4.69) is 17.6 Å². The van der Waals surface area contributed by atoms with E-state index in [-0.39, 0.29) is 5.56 Å². The van der Waals surface area contributed by atoms with Crippen LogP contribution in [0.5, 0.6) is 0 Å². The van der Waals surface area contributed by atoms with Gasteiger partial charge in [-0.15, -0.1) is 0 Å². The Hall–Kier alpha value is -0.770. The SMILES string of the molecule is Cc1cc(=O)n(CCCCCS)c(C)n1. The van der Waals surface area contributed by atoms with Crippen LogP contribution in [-0.4, -0.2) is 15.3 Å². The highest BCUT2D eigenvalue weighted by Crippen LogP contribution is 2.01. The number of rotatable bonds is 5. The van der Waals surface area contributed by atoms with Crippen LogP contribution in [0.25, 0.3) is 0 Å². The summed E-state index contributed by atoms with van der Waals surface area (Å²) in [5.74, 6) is 1.73. The van der Waals surface area contributed by atoms with Crippen molar-refractivity contribution in [3.05, 3.63) is 27.9 Å². The molecule has 3 nitrogen and oxygen atoms in total. The summed E-state index contributed by atoms with van der Waals surface area (Å²) in [6.45, 7) is 4.50. The Morgan fingerprint density at radius 1 is 1.33 bits per heavy atom. The van der Waals surface area contributed by atoms with Gasteiger partial charge in [0.15, 0.2) is 0 Å². The Morgan fingerprint density at radius 3 is 2.67 bits per heavy atom. The zero-order valence-electron chi connectivity index (χ0n) is 9.36. The van der Waals surface area contributed by atoms with Crippen molar-refractivity contribution in [2.75, 3.05) is 5.75 Å². The summed E-state index contributed by atoms with van der Waals surface area (Å²) in [6, 6.07) is 1.59. The molecule has 0 aliphatic heterocycles. The van der Waals surface area contributed by atoms with Gasteiger partial charge in [-0.05, 0) is 32.4 Å². The lowest BCUT2D eigenvalue weighted by Gasteiger charge is -2.08. The summed E-state index contributed by atoms with van der Waals surface area (Å²) in [5, 5.41) is 0. The van der Waals surface area contributed by atoms with E-state index in [1.54, 1.807) is 10.6 Å². The number of aryl methyl sites for hydroxylation is 2. The first kappa shape index (κ1) is 12.3. The van der Waals surface area contributed by atoms with Crippen LogP contribution < -0.4 is 5.56 Å². The second-order valence-electron chi connectivity index (χ2n) is 3.72. The maximum absolute atomic E-state index is 11.6. The van der Waals surface area contributed by atoms with Gasteiger partial charge >= 0.3 is 0 Å². The third-order valence-corrected chi connectivity index (χ3v) is 2.68. The van der Waals surface area contributed by atoms with E-state index in [0.717, 1.165) is 43.1 Å². The second-order valence-corrected chi connectivity index (χ2v) is 4.17. The van der Waals surface area contributed by atoms with E-state index >= 15 is 0 Å². The van der Waals surface area contributed by atoms with Gasteiger partial charge in [-0.25, -0.2) is 4.98 Å². The van der Waals surface area contributed by atoms with Crippen LogP contribution in [0.15, 0.2) is 10.9 Å². The number of nitrogens with zero attached hydrogens (tertiary/aromatic N) is 2. The van der Waals surface area contributed by atoms with E-state index in [4.69, 9.17) is 0 Å². The zero-order chi connectivity index (χ0) is 11.3. The van der Waals surface area contributed by atoms with Gasteiger partial charge in [0.25, 0.3) is 5.56 Å². The van der Waals surface area contributed by atoms with E-state index in [9.17, 15) is 4.79 Å². The van der Waals surface area contributed by atoms with Gasteiger partial charge in [-0.1, -0.05) is 6.42 Å². The molecule has 0 atom stereocenters. The fourth-order valence-corrected chi connectivity index (χ4v) is 1.82. The molecule has 4 heteroatoms. The topological polar surface area (TPSA) is 34.9 Å². The van der Waals surface area contributed by atoms with Crippen LogP contribution in [0.3, 0.4) is 0 Å². The molecule has 15 heavy (non-hydrogen) atoms. The molecule has 1 heterocycles. The third kappa shape index (κ3) is 3.70. The number of unbranched alkanes of at least 4 members (excludes halogenated alkanes) is 2. The fourth-order valence-electron chi connectivity index (χ4n) is 1.59. The average molecular weight is 226 g/mol. The molecular formula is C11H18N2OS. The molecule has 1 rings (SSSR count). The second kappa shape index (κ2) is 5.95. The maximum atomic E-state index is 11.6. The minimum atomic E-state index is 0.0610. The molecule has 0 amide bonds. The Bertz CT molecular complexity index is 373. The van der Waals surface area contributed by atoms with Crippen molar-refractivity contribution in [1.29, 1.82) is 0 Å². The molecule has 0 saturated carbocycles. The number of aromatic nitrogens is 2. The fraction of sp³-hybridized carbons (Fsp3) is 0.636. The van der Waals surface area contributed by atoms with Gasteiger partial charge in [0.2, 0.25) is 0 Å². The number of hydrogen-bond donors (Lipinski definition) is 1. The van der Waals surface area contributed by atoms with Crippen molar-refractivity contribution in [1.82, 2.24) is 9.55 Å².